The van der Waals surface area contributed by atoms with E-state index in [2.05, 4.69) is 25.3 Å². The summed E-state index contributed by atoms with van der Waals surface area (Å²) < 4.78 is 3.09. The van der Waals surface area contributed by atoms with E-state index in [1.165, 1.54) is 10.7 Å². The molecule has 1 saturated heterocycles. The third kappa shape index (κ3) is 3.84. The molecule has 1 aliphatic rings. The molecule has 158 valence electrons. The lowest BCUT2D eigenvalue weighted by molar-refractivity contribution is 0.0627. The van der Waals surface area contributed by atoms with Crippen molar-refractivity contribution in [1.29, 1.82) is 0 Å². The van der Waals surface area contributed by atoms with Gasteiger partial charge in [-0.2, -0.15) is 10.2 Å². The van der Waals surface area contributed by atoms with Gasteiger partial charge in [-0.3, -0.25) is 19.6 Å². The molecule has 5 rings (SSSR count). The van der Waals surface area contributed by atoms with Gasteiger partial charge < -0.3 is 4.90 Å². The van der Waals surface area contributed by atoms with Crippen LogP contribution in [0.25, 0.3) is 16.7 Å². The Morgan fingerprint density at radius 1 is 1.00 bits per heavy atom. The Morgan fingerprint density at radius 2 is 1.84 bits per heavy atom. The molecule has 0 unspecified atom stereocenters. The van der Waals surface area contributed by atoms with Crippen molar-refractivity contribution in [3.05, 3.63) is 70.9 Å². The second-order valence-corrected chi connectivity index (χ2v) is 7.46. The average Bonchev–Trinajstić information content (AvgIpc) is 3.49. The second kappa shape index (κ2) is 8.15. The maximum atomic E-state index is 12.9. The highest BCUT2D eigenvalue weighted by molar-refractivity contribution is 6.04. The lowest BCUT2D eigenvalue weighted by Gasteiger charge is -2.34. The van der Waals surface area contributed by atoms with Crippen LogP contribution < -0.4 is 5.56 Å². The van der Waals surface area contributed by atoms with Gasteiger partial charge in [-0.25, -0.2) is 9.36 Å². The van der Waals surface area contributed by atoms with Crippen LogP contribution in [0.1, 0.15) is 10.5 Å². The molecule has 4 aromatic rings. The summed E-state index contributed by atoms with van der Waals surface area (Å²) in [7, 11) is 0. The summed E-state index contributed by atoms with van der Waals surface area (Å²) in [5, 5.41) is 16.6. The van der Waals surface area contributed by atoms with E-state index < -0.39 is 0 Å². The fraction of sp³-hybridized carbons (Fsp3) is 0.286. The van der Waals surface area contributed by atoms with E-state index in [9.17, 15) is 9.59 Å². The smallest absolute Gasteiger partial charge is 0.275 e. The number of carbonyl (C=O) groups excluding carboxylic acids is 1. The van der Waals surface area contributed by atoms with Crippen molar-refractivity contribution in [2.24, 2.45) is 0 Å². The number of piperazine rings is 1. The van der Waals surface area contributed by atoms with E-state index in [4.69, 9.17) is 0 Å². The Morgan fingerprint density at radius 3 is 2.65 bits per heavy atom. The summed E-state index contributed by atoms with van der Waals surface area (Å²) >= 11 is 0. The first-order valence-corrected chi connectivity index (χ1v) is 10.2. The zero-order valence-electron chi connectivity index (χ0n) is 16.9. The van der Waals surface area contributed by atoms with Gasteiger partial charge in [0.25, 0.3) is 11.5 Å². The van der Waals surface area contributed by atoms with Gasteiger partial charge in [-0.1, -0.05) is 18.2 Å². The highest BCUT2D eigenvalue weighted by Gasteiger charge is 2.25. The van der Waals surface area contributed by atoms with Crippen LogP contribution in [0.3, 0.4) is 0 Å². The number of carbonyl (C=O) groups is 1. The van der Waals surface area contributed by atoms with E-state index in [-0.39, 0.29) is 11.5 Å². The highest BCUT2D eigenvalue weighted by Crippen LogP contribution is 2.17. The Balaban J connectivity index is 1.19. The van der Waals surface area contributed by atoms with Crippen molar-refractivity contribution in [2.75, 3.05) is 32.7 Å². The molecular weight excluding hydrogens is 396 g/mol. The van der Waals surface area contributed by atoms with Crippen LogP contribution in [0.2, 0.25) is 0 Å². The van der Waals surface area contributed by atoms with Gasteiger partial charge in [-0.15, -0.1) is 5.10 Å². The Hall–Kier alpha value is -3.79. The number of hydrogen-bond acceptors (Lipinski definition) is 6. The number of hydrogen-bond donors (Lipinski definition) is 1. The van der Waals surface area contributed by atoms with Gasteiger partial charge in [-0.05, 0) is 18.2 Å². The molecule has 1 aromatic carbocycles. The zero-order valence-corrected chi connectivity index (χ0v) is 16.9. The van der Waals surface area contributed by atoms with Gasteiger partial charge in [0.05, 0.1) is 12.1 Å². The molecule has 0 radical (unpaired) electrons. The van der Waals surface area contributed by atoms with Crippen molar-refractivity contribution in [2.45, 2.75) is 6.54 Å². The first-order chi connectivity index (χ1) is 15.2. The number of aromatic nitrogens is 6. The SMILES string of the molecule is O=C(c1n[nH]c2ccccc12)N1CCN(CCn2nc(-n3cccn3)ccc2=O)CC1. The van der Waals surface area contributed by atoms with E-state index in [0.29, 0.717) is 37.7 Å². The normalized spacial score (nSPS) is 14.9. The number of amides is 1. The minimum Gasteiger partial charge on any atom is -0.335 e. The maximum absolute atomic E-state index is 12.9. The van der Waals surface area contributed by atoms with Gasteiger partial charge in [0.1, 0.15) is 0 Å². The molecule has 1 N–H and O–H groups in total. The summed E-state index contributed by atoms with van der Waals surface area (Å²) in [6.45, 7) is 3.88. The fourth-order valence-corrected chi connectivity index (χ4v) is 3.81. The molecule has 1 amide bonds. The maximum Gasteiger partial charge on any atom is 0.275 e. The van der Waals surface area contributed by atoms with Crippen molar-refractivity contribution in [1.82, 2.24) is 39.6 Å². The van der Waals surface area contributed by atoms with Crippen LogP contribution in [0, 0.1) is 0 Å². The van der Waals surface area contributed by atoms with Crippen molar-refractivity contribution in [3.8, 4) is 5.82 Å². The molecular formula is C21H22N8O2. The average molecular weight is 418 g/mol. The van der Waals surface area contributed by atoms with Gasteiger partial charge >= 0.3 is 0 Å². The van der Waals surface area contributed by atoms with Gasteiger partial charge in [0.15, 0.2) is 11.5 Å². The Kier molecular flexibility index (Phi) is 5.04. The summed E-state index contributed by atoms with van der Waals surface area (Å²) in [6.07, 6.45) is 3.46. The van der Waals surface area contributed by atoms with Gasteiger partial charge in [0, 0.05) is 56.6 Å². The van der Waals surface area contributed by atoms with Crippen LogP contribution in [0.15, 0.2) is 59.7 Å². The van der Waals surface area contributed by atoms with Crippen LogP contribution in [-0.2, 0) is 6.54 Å². The number of nitrogens with zero attached hydrogens (tertiary/aromatic N) is 7. The van der Waals surface area contributed by atoms with E-state index in [1.54, 1.807) is 23.1 Å². The van der Waals surface area contributed by atoms with Crippen molar-refractivity contribution in [3.63, 3.8) is 0 Å². The zero-order chi connectivity index (χ0) is 21.2. The number of fused-ring (bicyclic) bond motifs is 1. The molecule has 0 bridgehead atoms. The minimum absolute atomic E-state index is 0.0538. The lowest BCUT2D eigenvalue weighted by Crippen LogP contribution is -2.49. The van der Waals surface area contributed by atoms with Crippen molar-refractivity contribution >= 4 is 16.8 Å². The predicted molar refractivity (Wildman–Crippen MR) is 114 cm³/mol. The molecule has 0 spiro atoms. The molecule has 10 nitrogen and oxygen atoms in total. The van der Waals surface area contributed by atoms with Crippen LogP contribution >= 0.6 is 0 Å². The third-order valence-electron chi connectivity index (χ3n) is 5.55. The predicted octanol–water partition coefficient (Wildman–Crippen LogP) is 0.763. The van der Waals surface area contributed by atoms with Crippen LogP contribution in [0.4, 0.5) is 0 Å². The molecule has 0 atom stereocenters. The Bertz CT molecular complexity index is 1250. The highest BCUT2D eigenvalue weighted by atomic mass is 16.2. The monoisotopic (exact) mass is 418 g/mol. The number of nitrogens with one attached hydrogen (secondary N) is 1. The fourth-order valence-electron chi connectivity index (χ4n) is 3.81. The topological polar surface area (TPSA) is 105 Å². The lowest BCUT2D eigenvalue weighted by atomic mass is 10.2. The van der Waals surface area contributed by atoms with E-state index >= 15 is 0 Å². The number of aromatic amines is 1. The minimum atomic E-state index is -0.143. The molecule has 1 aliphatic heterocycles. The molecule has 1 fully saturated rings. The van der Waals surface area contributed by atoms with E-state index in [1.807, 2.05) is 35.2 Å². The first-order valence-electron chi connectivity index (χ1n) is 10.2. The van der Waals surface area contributed by atoms with Crippen LogP contribution in [0.5, 0.6) is 0 Å². The third-order valence-corrected chi connectivity index (χ3v) is 5.55. The number of benzene rings is 1. The molecule has 4 heterocycles. The molecule has 10 heteroatoms. The van der Waals surface area contributed by atoms with Crippen molar-refractivity contribution < 1.29 is 4.79 Å². The van der Waals surface area contributed by atoms with Gasteiger partial charge in [0.2, 0.25) is 0 Å². The summed E-state index contributed by atoms with van der Waals surface area (Å²) in [5.74, 6) is 0.549. The number of para-hydroxylation sites is 1. The molecule has 3 aromatic heterocycles. The number of rotatable bonds is 5. The Labute approximate surface area is 177 Å². The first kappa shape index (κ1) is 19.2. The molecule has 31 heavy (non-hydrogen) atoms. The quantitative estimate of drug-likeness (QED) is 0.513. The standard InChI is InChI=1S/C21H22N8O2/c30-19-7-6-18(28-9-3-8-22-28)25-29(19)15-12-26-10-13-27(14-11-26)21(31)20-16-4-1-2-5-17(16)23-24-20/h1-9H,10-15H2,(H,23,24). The largest absolute Gasteiger partial charge is 0.335 e. The second-order valence-electron chi connectivity index (χ2n) is 7.46. The molecule has 0 aliphatic carbocycles. The number of H-pyrrole nitrogens is 1. The summed E-state index contributed by atoms with van der Waals surface area (Å²) in [4.78, 5) is 29.2. The molecule has 0 saturated carbocycles. The van der Waals surface area contributed by atoms with E-state index in [0.717, 1.165) is 24.0 Å². The van der Waals surface area contributed by atoms with Crippen LogP contribution in [-0.4, -0.2) is 78.2 Å². The summed E-state index contributed by atoms with van der Waals surface area (Å²) in [5.41, 5.74) is 1.19. The summed E-state index contributed by atoms with van der Waals surface area (Å²) in [6, 6.07) is 12.6.